The number of fused-ring (bicyclic) bond motifs is 1. The van der Waals surface area contributed by atoms with Crippen LogP contribution in [0.15, 0.2) is 85.6 Å². The first-order valence-electron chi connectivity index (χ1n) is 9.32. The van der Waals surface area contributed by atoms with Gasteiger partial charge in [-0.25, -0.2) is 4.98 Å². The van der Waals surface area contributed by atoms with Crippen LogP contribution in [0, 0.1) is 0 Å². The van der Waals surface area contributed by atoms with Crippen LogP contribution in [0.4, 0.5) is 0 Å². The van der Waals surface area contributed by atoms with Gasteiger partial charge in [0.2, 0.25) is 0 Å². The van der Waals surface area contributed by atoms with Crippen molar-refractivity contribution in [1.29, 1.82) is 0 Å². The Morgan fingerprint density at radius 3 is 2.40 bits per heavy atom. The molecule has 4 aromatic rings. The highest BCUT2D eigenvalue weighted by molar-refractivity contribution is 9.11. The van der Waals surface area contributed by atoms with Crippen molar-refractivity contribution in [2.45, 2.75) is 6.92 Å². The summed E-state index contributed by atoms with van der Waals surface area (Å²) in [4.78, 5) is 17.9. The SMILES string of the molecule is CCOc1c(Br)cc(C=Nn2c(-c3ccccc3)nc3ccccc3c2=O)cc1Br. The van der Waals surface area contributed by atoms with E-state index in [1.165, 1.54) is 4.68 Å². The average Bonchev–Trinajstić information content (AvgIpc) is 2.76. The quantitative estimate of drug-likeness (QED) is 0.305. The molecule has 0 aliphatic rings. The van der Waals surface area contributed by atoms with Crippen molar-refractivity contribution < 1.29 is 4.74 Å². The molecule has 0 spiro atoms. The largest absolute Gasteiger partial charge is 0.492 e. The molecule has 0 N–H and O–H groups in total. The summed E-state index contributed by atoms with van der Waals surface area (Å²) in [7, 11) is 0. The van der Waals surface area contributed by atoms with E-state index >= 15 is 0 Å². The standard InChI is InChI=1S/C23H17Br2N3O2/c1-2-30-21-18(24)12-15(13-19(21)25)14-26-28-22(16-8-4-3-5-9-16)27-20-11-7-6-10-17(20)23(28)29/h3-14H,2H2,1H3. The van der Waals surface area contributed by atoms with Crippen LogP contribution >= 0.6 is 31.9 Å². The zero-order chi connectivity index (χ0) is 21.1. The van der Waals surface area contributed by atoms with E-state index in [4.69, 9.17) is 9.72 Å². The van der Waals surface area contributed by atoms with Crippen molar-refractivity contribution in [1.82, 2.24) is 9.66 Å². The third kappa shape index (κ3) is 4.08. The van der Waals surface area contributed by atoms with Gasteiger partial charge in [0.05, 0.1) is 32.7 Å². The molecule has 0 fully saturated rings. The maximum absolute atomic E-state index is 13.2. The van der Waals surface area contributed by atoms with Gasteiger partial charge in [-0.15, -0.1) is 0 Å². The third-order valence-electron chi connectivity index (χ3n) is 4.42. The number of para-hydroxylation sites is 1. The van der Waals surface area contributed by atoms with Crippen molar-refractivity contribution in [2.75, 3.05) is 6.61 Å². The van der Waals surface area contributed by atoms with Gasteiger partial charge in [0.25, 0.3) is 5.56 Å². The summed E-state index contributed by atoms with van der Waals surface area (Å²) in [5.41, 5.74) is 2.03. The molecule has 0 aliphatic carbocycles. The van der Waals surface area contributed by atoms with Crippen LogP contribution in [-0.4, -0.2) is 22.5 Å². The third-order valence-corrected chi connectivity index (χ3v) is 5.60. The molecule has 0 saturated heterocycles. The lowest BCUT2D eigenvalue weighted by Crippen LogP contribution is -2.20. The minimum Gasteiger partial charge on any atom is -0.492 e. The number of hydrogen-bond acceptors (Lipinski definition) is 4. The van der Waals surface area contributed by atoms with Crippen molar-refractivity contribution in [2.24, 2.45) is 5.10 Å². The van der Waals surface area contributed by atoms with Gasteiger partial charge in [-0.2, -0.15) is 9.78 Å². The molecule has 0 aliphatic heterocycles. The summed E-state index contributed by atoms with van der Waals surface area (Å²) in [5.74, 6) is 1.21. The minimum atomic E-state index is -0.222. The molecule has 0 unspecified atom stereocenters. The molecule has 0 amide bonds. The molecule has 4 rings (SSSR count). The Hall–Kier alpha value is -2.77. The van der Waals surface area contributed by atoms with Crippen molar-refractivity contribution in [3.8, 4) is 17.1 Å². The number of benzene rings is 3. The van der Waals surface area contributed by atoms with E-state index in [1.54, 1.807) is 12.3 Å². The molecular formula is C23H17Br2N3O2. The zero-order valence-electron chi connectivity index (χ0n) is 16.0. The van der Waals surface area contributed by atoms with Crippen molar-refractivity contribution >= 4 is 49.0 Å². The van der Waals surface area contributed by atoms with E-state index in [9.17, 15) is 4.79 Å². The fourth-order valence-electron chi connectivity index (χ4n) is 3.07. The minimum absolute atomic E-state index is 0.222. The first kappa shape index (κ1) is 20.5. The molecule has 0 radical (unpaired) electrons. The van der Waals surface area contributed by atoms with Crippen LogP contribution in [0.2, 0.25) is 0 Å². The molecule has 0 bridgehead atoms. The van der Waals surface area contributed by atoms with E-state index in [1.807, 2.05) is 67.6 Å². The smallest absolute Gasteiger partial charge is 0.282 e. The van der Waals surface area contributed by atoms with Gasteiger partial charge in [-0.1, -0.05) is 42.5 Å². The first-order valence-corrected chi connectivity index (χ1v) is 10.9. The molecular weight excluding hydrogens is 510 g/mol. The van der Waals surface area contributed by atoms with E-state index in [0.29, 0.717) is 23.3 Å². The van der Waals surface area contributed by atoms with Crippen LogP contribution in [0.5, 0.6) is 5.75 Å². The monoisotopic (exact) mass is 525 g/mol. The normalized spacial score (nSPS) is 11.3. The Labute approximate surface area is 190 Å². The molecule has 0 atom stereocenters. The van der Waals surface area contributed by atoms with Crippen LogP contribution in [0.3, 0.4) is 0 Å². The van der Waals surface area contributed by atoms with Crippen LogP contribution in [0.1, 0.15) is 12.5 Å². The Morgan fingerprint density at radius 1 is 1.03 bits per heavy atom. The summed E-state index contributed by atoms with van der Waals surface area (Å²) in [6, 6.07) is 20.6. The molecule has 1 heterocycles. The Bertz CT molecular complexity index is 1280. The topological polar surface area (TPSA) is 56.5 Å². The molecule has 0 saturated carbocycles. The highest BCUT2D eigenvalue weighted by Crippen LogP contribution is 2.34. The van der Waals surface area contributed by atoms with Gasteiger partial charge >= 0.3 is 0 Å². The second-order valence-corrected chi connectivity index (χ2v) is 8.14. The van der Waals surface area contributed by atoms with Gasteiger partial charge in [0.1, 0.15) is 5.75 Å². The lowest BCUT2D eigenvalue weighted by molar-refractivity contribution is 0.336. The summed E-state index contributed by atoms with van der Waals surface area (Å²) in [5, 5.41) is 5.01. The number of ether oxygens (including phenoxy) is 1. The van der Waals surface area contributed by atoms with E-state index in [-0.39, 0.29) is 5.56 Å². The lowest BCUT2D eigenvalue weighted by atomic mass is 10.2. The van der Waals surface area contributed by atoms with E-state index < -0.39 is 0 Å². The predicted octanol–water partition coefficient (Wildman–Crippen LogP) is 5.87. The number of nitrogens with zero attached hydrogens (tertiary/aromatic N) is 3. The molecule has 5 nitrogen and oxygen atoms in total. The average molecular weight is 527 g/mol. The van der Waals surface area contributed by atoms with Crippen molar-refractivity contribution in [3.05, 3.63) is 91.6 Å². The zero-order valence-corrected chi connectivity index (χ0v) is 19.2. The highest BCUT2D eigenvalue weighted by Gasteiger charge is 2.12. The highest BCUT2D eigenvalue weighted by atomic mass is 79.9. The van der Waals surface area contributed by atoms with Gasteiger partial charge < -0.3 is 4.74 Å². The molecule has 30 heavy (non-hydrogen) atoms. The van der Waals surface area contributed by atoms with Gasteiger partial charge in [-0.3, -0.25) is 4.79 Å². The summed E-state index contributed by atoms with van der Waals surface area (Å²) in [6.45, 7) is 2.49. The number of hydrogen-bond donors (Lipinski definition) is 0. The van der Waals surface area contributed by atoms with Crippen LogP contribution in [-0.2, 0) is 0 Å². The molecule has 3 aromatic carbocycles. The fraction of sp³-hybridized carbons (Fsp3) is 0.0870. The Balaban J connectivity index is 1.86. The van der Waals surface area contributed by atoms with Crippen LogP contribution < -0.4 is 10.3 Å². The van der Waals surface area contributed by atoms with E-state index in [2.05, 4.69) is 37.0 Å². The maximum Gasteiger partial charge on any atom is 0.282 e. The molecule has 7 heteroatoms. The molecule has 1 aromatic heterocycles. The Kier molecular flexibility index (Phi) is 6.11. The van der Waals surface area contributed by atoms with Crippen molar-refractivity contribution in [3.63, 3.8) is 0 Å². The van der Waals surface area contributed by atoms with Crippen LogP contribution in [0.25, 0.3) is 22.3 Å². The summed E-state index contributed by atoms with van der Waals surface area (Å²) < 4.78 is 8.57. The van der Waals surface area contributed by atoms with Gasteiger partial charge in [0, 0.05) is 5.56 Å². The number of aromatic nitrogens is 2. The molecule has 150 valence electrons. The number of rotatable bonds is 5. The number of halogens is 2. The summed E-state index contributed by atoms with van der Waals surface area (Å²) >= 11 is 7.05. The summed E-state index contributed by atoms with van der Waals surface area (Å²) in [6.07, 6.45) is 1.63. The second-order valence-electron chi connectivity index (χ2n) is 6.43. The second kappa shape index (κ2) is 8.93. The first-order chi connectivity index (χ1) is 14.6. The van der Waals surface area contributed by atoms with Gasteiger partial charge in [0.15, 0.2) is 5.82 Å². The maximum atomic E-state index is 13.2. The fourth-order valence-corrected chi connectivity index (χ4v) is 4.52. The lowest BCUT2D eigenvalue weighted by Gasteiger charge is -2.10. The van der Waals surface area contributed by atoms with Gasteiger partial charge in [-0.05, 0) is 68.6 Å². The van der Waals surface area contributed by atoms with E-state index in [0.717, 1.165) is 25.8 Å². The Morgan fingerprint density at radius 2 is 1.70 bits per heavy atom. The predicted molar refractivity (Wildman–Crippen MR) is 127 cm³/mol.